The first-order chi connectivity index (χ1) is 15.3. The van der Waals surface area contributed by atoms with E-state index < -0.39 is 17.7 Å². The molecule has 2 fully saturated rings. The second-order valence-electron chi connectivity index (χ2n) is 8.92. The van der Waals surface area contributed by atoms with Gasteiger partial charge in [-0.2, -0.15) is 13.2 Å². The maximum atomic E-state index is 13.8. The maximum Gasteiger partial charge on any atom is 0.416 e. The summed E-state index contributed by atoms with van der Waals surface area (Å²) < 4.78 is 41.3. The molecule has 1 heterocycles. The molecule has 1 saturated carbocycles. The number of nitrogens with zero attached hydrogens (tertiary/aromatic N) is 1. The minimum Gasteiger partial charge on any atom is -0.481 e. The smallest absolute Gasteiger partial charge is 0.416 e. The van der Waals surface area contributed by atoms with Crippen LogP contribution in [0.3, 0.4) is 0 Å². The van der Waals surface area contributed by atoms with Crippen LogP contribution in [0, 0.1) is 5.92 Å². The molecule has 2 aromatic carbocycles. The lowest BCUT2D eigenvalue weighted by Gasteiger charge is -2.36. The van der Waals surface area contributed by atoms with Gasteiger partial charge < -0.3 is 5.11 Å². The Balaban J connectivity index is 1.36. The number of carboxylic acid groups (broad SMARTS) is 1. The molecule has 1 aliphatic heterocycles. The van der Waals surface area contributed by atoms with Crippen LogP contribution in [-0.4, -0.2) is 29.1 Å². The van der Waals surface area contributed by atoms with Gasteiger partial charge in [0.1, 0.15) is 0 Å². The topological polar surface area (TPSA) is 40.5 Å². The fourth-order valence-corrected chi connectivity index (χ4v) is 5.55. The van der Waals surface area contributed by atoms with E-state index in [1.807, 2.05) is 30.3 Å². The zero-order valence-electron chi connectivity index (χ0n) is 17.9. The summed E-state index contributed by atoms with van der Waals surface area (Å²) in [5.41, 5.74) is 2.15. The van der Waals surface area contributed by atoms with Crippen molar-refractivity contribution < 1.29 is 23.1 Å². The van der Waals surface area contributed by atoms with Crippen LogP contribution in [0.4, 0.5) is 13.2 Å². The third-order valence-electron chi connectivity index (χ3n) is 6.52. The van der Waals surface area contributed by atoms with Gasteiger partial charge in [-0.15, -0.1) is 11.8 Å². The van der Waals surface area contributed by atoms with Gasteiger partial charge in [-0.1, -0.05) is 49.6 Å². The molecule has 2 aliphatic rings. The normalized spacial score (nSPS) is 18.5. The quantitative estimate of drug-likeness (QED) is 0.472. The van der Waals surface area contributed by atoms with E-state index in [0.29, 0.717) is 29.3 Å². The monoisotopic (exact) mass is 463 g/mol. The Kier molecular flexibility index (Phi) is 7.15. The van der Waals surface area contributed by atoms with Crippen LogP contribution in [0.5, 0.6) is 0 Å². The van der Waals surface area contributed by atoms with E-state index in [2.05, 4.69) is 4.90 Å². The van der Waals surface area contributed by atoms with Crippen LogP contribution in [0.1, 0.15) is 60.3 Å². The largest absolute Gasteiger partial charge is 0.481 e. The van der Waals surface area contributed by atoms with Crippen LogP contribution in [0.25, 0.3) is 0 Å². The molecule has 0 radical (unpaired) electrons. The SMILES string of the molecule is O=C(O)C1CN(Cc2ccc(CSc3ccc(C4CCCCC4)c(C(F)(F)F)c3)cc2)C1. The van der Waals surface area contributed by atoms with E-state index in [4.69, 9.17) is 5.11 Å². The Labute approximate surface area is 191 Å². The summed E-state index contributed by atoms with van der Waals surface area (Å²) in [6.45, 7) is 1.87. The molecule has 32 heavy (non-hydrogen) atoms. The second-order valence-corrected chi connectivity index (χ2v) is 9.96. The standard InChI is InChI=1S/C25H28F3NO2S/c26-25(27,28)23-12-21(10-11-22(23)19-4-2-1-3-5-19)32-16-18-8-6-17(7-9-18)13-29-14-20(15-29)24(30)31/h6-12,19-20H,1-5,13-16H2,(H,30,31). The molecule has 4 rings (SSSR count). The summed E-state index contributed by atoms with van der Waals surface area (Å²) in [7, 11) is 0. The van der Waals surface area contributed by atoms with Crippen LogP contribution < -0.4 is 0 Å². The first-order valence-electron chi connectivity index (χ1n) is 11.2. The van der Waals surface area contributed by atoms with Gasteiger partial charge >= 0.3 is 12.1 Å². The molecule has 2 aromatic rings. The summed E-state index contributed by atoms with van der Waals surface area (Å²) in [6.07, 6.45) is 0.484. The molecule has 7 heteroatoms. The number of halogens is 3. The molecule has 1 aliphatic carbocycles. The number of hydrogen-bond donors (Lipinski definition) is 1. The number of carbonyl (C=O) groups is 1. The van der Waals surface area contributed by atoms with Crippen molar-refractivity contribution in [3.8, 4) is 0 Å². The number of thioether (sulfide) groups is 1. The average molecular weight is 464 g/mol. The van der Waals surface area contributed by atoms with E-state index in [1.54, 1.807) is 6.07 Å². The molecule has 1 N–H and O–H groups in total. The fourth-order valence-electron chi connectivity index (χ4n) is 4.66. The molecular formula is C25H28F3NO2S. The predicted molar refractivity (Wildman–Crippen MR) is 120 cm³/mol. The van der Waals surface area contributed by atoms with E-state index in [1.165, 1.54) is 17.8 Å². The van der Waals surface area contributed by atoms with E-state index in [0.717, 1.165) is 49.8 Å². The Morgan fingerprint density at radius 2 is 1.66 bits per heavy atom. The van der Waals surface area contributed by atoms with Crippen molar-refractivity contribution in [2.75, 3.05) is 13.1 Å². The van der Waals surface area contributed by atoms with Crippen LogP contribution in [0.2, 0.25) is 0 Å². The Bertz CT molecular complexity index is 933. The Hall–Kier alpha value is -1.99. The molecular weight excluding hydrogens is 435 g/mol. The minimum atomic E-state index is -4.33. The number of hydrogen-bond acceptors (Lipinski definition) is 3. The van der Waals surface area contributed by atoms with Crippen LogP contribution in [0.15, 0.2) is 47.4 Å². The summed E-state index contributed by atoms with van der Waals surface area (Å²) in [6, 6.07) is 12.9. The number of rotatable bonds is 7. The summed E-state index contributed by atoms with van der Waals surface area (Å²) in [4.78, 5) is 13.6. The molecule has 1 saturated heterocycles. The molecule has 0 aromatic heterocycles. The van der Waals surface area contributed by atoms with Crippen LogP contribution in [-0.2, 0) is 23.3 Å². The highest BCUT2D eigenvalue weighted by Gasteiger charge is 2.36. The van der Waals surface area contributed by atoms with Gasteiger partial charge in [0.2, 0.25) is 0 Å². The molecule has 172 valence electrons. The van der Waals surface area contributed by atoms with E-state index >= 15 is 0 Å². The van der Waals surface area contributed by atoms with Gasteiger partial charge in [0.05, 0.1) is 11.5 Å². The zero-order chi connectivity index (χ0) is 22.7. The predicted octanol–water partition coefficient (Wildman–Crippen LogP) is 6.56. The summed E-state index contributed by atoms with van der Waals surface area (Å²) in [5.74, 6) is -0.388. The van der Waals surface area contributed by atoms with E-state index in [-0.39, 0.29) is 11.8 Å². The molecule has 0 unspecified atom stereocenters. The van der Waals surface area contributed by atoms with Crippen molar-refractivity contribution >= 4 is 17.7 Å². The number of likely N-dealkylation sites (tertiary alicyclic amines) is 1. The first-order valence-corrected chi connectivity index (χ1v) is 12.1. The lowest BCUT2D eigenvalue weighted by molar-refractivity contribution is -0.147. The van der Waals surface area contributed by atoms with Crippen molar-refractivity contribution in [1.29, 1.82) is 0 Å². The van der Waals surface area contributed by atoms with Gasteiger partial charge in [-0.05, 0) is 47.6 Å². The van der Waals surface area contributed by atoms with Gasteiger partial charge in [0.25, 0.3) is 0 Å². The summed E-state index contributed by atoms with van der Waals surface area (Å²) in [5, 5.41) is 8.96. The Morgan fingerprint density at radius 1 is 1.00 bits per heavy atom. The highest BCUT2D eigenvalue weighted by molar-refractivity contribution is 7.98. The van der Waals surface area contributed by atoms with Crippen molar-refractivity contribution in [3.05, 3.63) is 64.7 Å². The zero-order valence-corrected chi connectivity index (χ0v) is 18.7. The fraction of sp³-hybridized carbons (Fsp3) is 0.480. The van der Waals surface area contributed by atoms with Crippen molar-refractivity contribution in [2.45, 2.75) is 61.4 Å². The maximum absolute atomic E-state index is 13.8. The lowest BCUT2D eigenvalue weighted by atomic mass is 9.82. The number of benzene rings is 2. The molecule has 0 atom stereocenters. The van der Waals surface area contributed by atoms with Gasteiger partial charge in [-0.25, -0.2) is 0 Å². The van der Waals surface area contributed by atoms with Gasteiger partial charge in [0, 0.05) is 30.3 Å². The molecule has 0 amide bonds. The van der Waals surface area contributed by atoms with Gasteiger partial charge in [-0.3, -0.25) is 9.69 Å². The van der Waals surface area contributed by atoms with Crippen molar-refractivity contribution in [3.63, 3.8) is 0 Å². The van der Waals surface area contributed by atoms with Crippen molar-refractivity contribution in [1.82, 2.24) is 4.90 Å². The molecule has 3 nitrogen and oxygen atoms in total. The lowest BCUT2D eigenvalue weighted by Crippen LogP contribution is -2.49. The average Bonchev–Trinajstić information content (AvgIpc) is 2.75. The summed E-state index contributed by atoms with van der Waals surface area (Å²) >= 11 is 1.42. The van der Waals surface area contributed by atoms with Crippen molar-refractivity contribution in [2.24, 2.45) is 5.92 Å². The third kappa shape index (κ3) is 5.67. The van der Waals surface area contributed by atoms with Gasteiger partial charge in [0.15, 0.2) is 0 Å². The molecule has 0 bridgehead atoms. The highest BCUT2D eigenvalue weighted by Crippen LogP contribution is 2.42. The minimum absolute atomic E-state index is 0.0177. The number of aliphatic carboxylic acids is 1. The number of alkyl halides is 3. The molecule has 0 spiro atoms. The first kappa shape index (κ1) is 23.2. The second kappa shape index (κ2) is 9.87. The van der Waals surface area contributed by atoms with E-state index in [9.17, 15) is 18.0 Å². The van der Waals surface area contributed by atoms with Crippen LogP contribution >= 0.6 is 11.8 Å². The number of carboxylic acids is 1. The Morgan fingerprint density at radius 3 is 2.28 bits per heavy atom. The third-order valence-corrected chi connectivity index (χ3v) is 7.58. The highest BCUT2D eigenvalue weighted by atomic mass is 32.2.